The number of nitrogens with two attached hydrogens (primary N) is 1. The van der Waals surface area contributed by atoms with Crippen LogP contribution in [0.15, 0.2) is 54.9 Å². The third kappa shape index (κ3) is 3.10. The van der Waals surface area contributed by atoms with Crippen LogP contribution < -0.4 is 11.1 Å². The molecule has 3 N–H and O–H groups in total. The van der Waals surface area contributed by atoms with Crippen molar-refractivity contribution in [3.63, 3.8) is 0 Å². The third-order valence-corrected chi connectivity index (χ3v) is 6.97. The van der Waals surface area contributed by atoms with Gasteiger partial charge in [-0.15, -0.1) is 0 Å². The van der Waals surface area contributed by atoms with Crippen LogP contribution in [0.25, 0.3) is 28.0 Å². The van der Waals surface area contributed by atoms with E-state index in [9.17, 15) is 0 Å². The molecule has 0 saturated carbocycles. The highest BCUT2D eigenvalue weighted by Gasteiger charge is 2.36. The first kappa shape index (κ1) is 18.5. The fraction of sp³-hybridized carbons (Fsp3) is 0.320. The van der Waals surface area contributed by atoms with Gasteiger partial charge in [0.25, 0.3) is 0 Å². The summed E-state index contributed by atoms with van der Waals surface area (Å²) in [7, 11) is 0. The maximum Gasteiger partial charge on any atom is 0.165 e. The predicted molar refractivity (Wildman–Crippen MR) is 123 cm³/mol. The van der Waals surface area contributed by atoms with E-state index in [1.54, 1.807) is 4.52 Å². The van der Waals surface area contributed by atoms with Gasteiger partial charge in [-0.3, -0.25) is 4.98 Å². The third-order valence-electron chi connectivity index (χ3n) is 6.97. The predicted octanol–water partition coefficient (Wildman–Crippen LogP) is 4.35. The quantitative estimate of drug-likeness (QED) is 0.525. The molecule has 0 spiro atoms. The average Bonchev–Trinajstić information content (AvgIpc) is 3.39. The van der Waals surface area contributed by atoms with Crippen LogP contribution >= 0.6 is 0 Å². The Hall–Kier alpha value is -3.25. The van der Waals surface area contributed by atoms with E-state index in [1.165, 1.54) is 12.8 Å². The molecule has 6 rings (SSSR count). The van der Waals surface area contributed by atoms with Crippen LogP contribution in [-0.4, -0.2) is 31.7 Å². The zero-order chi connectivity index (χ0) is 20.9. The Morgan fingerprint density at radius 1 is 0.968 bits per heavy atom. The highest BCUT2D eigenvalue weighted by Crippen LogP contribution is 2.39. The number of fused-ring (bicyclic) bond motifs is 3. The lowest BCUT2D eigenvalue weighted by atomic mass is 9.87. The molecular formula is C25H26N6. The smallest absolute Gasteiger partial charge is 0.165 e. The summed E-state index contributed by atoms with van der Waals surface area (Å²) in [5, 5.41) is 8.28. The Morgan fingerprint density at radius 3 is 2.45 bits per heavy atom. The van der Waals surface area contributed by atoms with E-state index in [0.29, 0.717) is 23.8 Å². The van der Waals surface area contributed by atoms with Gasteiger partial charge in [0, 0.05) is 46.5 Å². The van der Waals surface area contributed by atoms with E-state index in [0.717, 1.165) is 52.1 Å². The van der Waals surface area contributed by atoms with E-state index in [4.69, 9.17) is 10.7 Å². The zero-order valence-electron chi connectivity index (χ0n) is 17.6. The number of rotatable bonds is 3. The average molecular weight is 411 g/mol. The normalized spacial score (nSPS) is 22.8. The molecule has 1 aromatic carbocycles. The first-order valence-corrected chi connectivity index (χ1v) is 11.1. The molecule has 6 nitrogen and oxygen atoms in total. The minimum atomic E-state index is 0.451. The van der Waals surface area contributed by atoms with Gasteiger partial charge in [-0.1, -0.05) is 36.4 Å². The molecule has 3 atom stereocenters. The van der Waals surface area contributed by atoms with Crippen LogP contribution in [-0.2, 0) is 0 Å². The van der Waals surface area contributed by atoms with Gasteiger partial charge < -0.3 is 11.1 Å². The van der Waals surface area contributed by atoms with Crippen molar-refractivity contribution in [1.82, 2.24) is 24.9 Å². The molecule has 2 bridgehead atoms. The minimum absolute atomic E-state index is 0.451. The van der Waals surface area contributed by atoms with Gasteiger partial charge in [0.15, 0.2) is 5.65 Å². The number of piperidine rings is 1. The molecule has 2 aliphatic rings. The Bertz CT molecular complexity index is 1230. The molecule has 0 radical (unpaired) electrons. The number of benzene rings is 1. The highest BCUT2D eigenvalue weighted by atomic mass is 15.3. The van der Waals surface area contributed by atoms with Crippen LogP contribution in [0, 0.1) is 6.92 Å². The van der Waals surface area contributed by atoms with Crippen molar-refractivity contribution in [2.75, 3.05) is 5.73 Å². The zero-order valence-corrected chi connectivity index (χ0v) is 17.6. The van der Waals surface area contributed by atoms with E-state index < -0.39 is 0 Å². The number of nitrogens with zero attached hydrogens (tertiary/aromatic N) is 4. The SMILES string of the molecule is Cc1c(C2C[C@H]3CC[C@@H](C2)N3)nc2c(-c3ccc(-c4ccccc4)nc3)cnn2c1N. The number of anilines is 1. The summed E-state index contributed by atoms with van der Waals surface area (Å²) in [6, 6.07) is 15.6. The summed E-state index contributed by atoms with van der Waals surface area (Å²) in [5.41, 5.74) is 13.6. The van der Waals surface area contributed by atoms with Crippen molar-refractivity contribution in [3.8, 4) is 22.4 Å². The first-order chi connectivity index (χ1) is 15.2. The van der Waals surface area contributed by atoms with Crippen molar-refractivity contribution < 1.29 is 0 Å². The minimum Gasteiger partial charge on any atom is -0.383 e. The molecule has 0 amide bonds. The monoisotopic (exact) mass is 410 g/mol. The summed E-state index contributed by atoms with van der Waals surface area (Å²) < 4.78 is 1.77. The van der Waals surface area contributed by atoms with E-state index in [2.05, 4.69) is 46.6 Å². The Balaban J connectivity index is 1.41. The van der Waals surface area contributed by atoms with Gasteiger partial charge in [0.1, 0.15) is 5.82 Å². The summed E-state index contributed by atoms with van der Waals surface area (Å²) in [4.78, 5) is 9.83. The maximum absolute atomic E-state index is 6.53. The van der Waals surface area contributed by atoms with Crippen LogP contribution in [0.5, 0.6) is 0 Å². The number of aromatic nitrogens is 4. The molecule has 1 unspecified atom stereocenters. The molecule has 3 aromatic heterocycles. The molecule has 2 saturated heterocycles. The number of nitrogens with one attached hydrogen (secondary N) is 1. The van der Waals surface area contributed by atoms with E-state index in [-0.39, 0.29) is 0 Å². The molecule has 31 heavy (non-hydrogen) atoms. The van der Waals surface area contributed by atoms with Crippen LogP contribution in [0.1, 0.15) is 42.9 Å². The molecular weight excluding hydrogens is 384 g/mol. The number of hydrogen-bond donors (Lipinski definition) is 2. The Labute approximate surface area is 181 Å². The fourth-order valence-electron chi connectivity index (χ4n) is 5.33. The number of pyridine rings is 1. The van der Waals surface area contributed by atoms with Crippen LogP contribution in [0.4, 0.5) is 5.82 Å². The van der Waals surface area contributed by atoms with Crippen molar-refractivity contribution in [3.05, 3.63) is 66.1 Å². The van der Waals surface area contributed by atoms with E-state index in [1.807, 2.05) is 30.6 Å². The topological polar surface area (TPSA) is 81.1 Å². The van der Waals surface area contributed by atoms with Crippen molar-refractivity contribution in [2.45, 2.75) is 50.6 Å². The summed E-state index contributed by atoms with van der Waals surface area (Å²) in [5.74, 6) is 1.14. The summed E-state index contributed by atoms with van der Waals surface area (Å²) in [6.45, 7) is 2.08. The highest BCUT2D eigenvalue weighted by molar-refractivity contribution is 5.79. The van der Waals surface area contributed by atoms with Gasteiger partial charge in [0.2, 0.25) is 0 Å². The van der Waals surface area contributed by atoms with Gasteiger partial charge in [-0.25, -0.2) is 4.98 Å². The van der Waals surface area contributed by atoms with Crippen molar-refractivity contribution in [1.29, 1.82) is 0 Å². The lowest BCUT2D eigenvalue weighted by Gasteiger charge is -2.30. The van der Waals surface area contributed by atoms with Crippen LogP contribution in [0.2, 0.25) is 0 Å². The lowest BCUT2D eigenvalue weighted by molar-refractivity contribution is 0.358. The molecule has 0 aliphatic carbocycles. The van der Waals surface area contributed by atoms with Crippen molar-refractivity contribution in [2.24, 2.45) is 0 Å². The first-order valence-electron chi connectivity index (χ1n) is 11.1. The second-order valence-electron chi connectivity index (χ2n) is 8.91. The van der Waals surface area contributed by atoms with E-state index >= 15 is 0 Å². The van der Waals surface area contributed by atoms with Gasteiger partial charge in [0.05, 0.1) is 17.6 Å². The molecule has 4 aromatic rings. The molecule has 6 heteroatoms. The largest absolute Gasteiger partial charge is 0.383 e. The fourth-order valence-corrected chi connectivity index (χ4v) is 5.33. The molecule has 156 valence electrons. The summed E-state index contributed by atoms with van der Waals surface area (Å²) in [6.07, 6.45) is 8.58. The van der Waals surface area contributed by atoms with Crippen LogP contribution in [0.3, 0.4) is 0 Å². The number of nitrogen functional groups attached to an aromatic ring is 1. The molecule has 5 heterocycles. The van der Waals surface area contributed by atoms with Gasteiger partial charge >= 0.3 is 0 Å². The Kier molecular flexibility index (Phi) is 4.28. The molecule has 2 aliphatic heterocycles. The summed E-state index contributed by atoms with van der Waals surface area (Å²) >= 11 is 0. The Morgan fingerprint density at radius 2 is 1.74 bits per heavy atom. The van der Waals surface area contributed by atoms with Crippen molar-refractivity contribution >= 4 is 11.5 Å². The second-order valence-corrected chi connectivity index (χ2v) is 8.91. The van der Waals surface area contributed by atoms with Gasteiger partial charge in [-0.2, -0.15) is 9.61 Å². The number of hydrogen-bond acceptors (Lipinski definition) is 5. The standard InChI is InChI=1S/C25H26N6/c1-15-23(18-11-19-8-9-20(12-18)29-19)30-25-21(14-28-31(25)24(15)26)17-7-10-22(27-13-17)16-5-3-2-4-6-16/h2-7,10,13-14,18-20,29H,8-9,11-12,26H2,1H3/t18?,19-,20+. The second kappa shape index (κ2) is 7.17. The maximum atomic E-state index is 6.53. The molecule has 2 fully saturated rings. The van der Waals surface area contributed by atoms with Gasteiger partial charge in [-0.05, 0) is 38.7 Å². The lowest BCUT2D eigenvalue weighted by Crippen LogP contribution is -2.37.